The average Bonchev–Trinajstić information content (AvgIpc) is 3.27. The molecule has 0 saturated carbocycles. The van der Waals surface area contributed by atoms with E-state index in [-0.39, 0.29) is 0 Å². The maximum absolute atomic E-state index is 5.53. The minimum Gasteiger partial charge on any atom is -0.497 e. The van der Waals surface area contributed by atoms with Gasteiger partial charge in [0.2, 0.25) is 0 Å². The van der Waals surface area contributed by atoms with Gasteiger partial charge in [0, 0.05) is 32.2 Å². The minimum absolute atomic E-state index is 0.328. The van der Waals surface area contributed by atoms with Crippen molar-refractivity contribution in [1.82, 2.24) is 10.6 Å². The van der Waals surface area contributed by atoms with Crippen LogP contribution < -0.4 is 29.7 Å². The number of guanidine groups is 1. The molecule has 1 aliphatic heterocycles. The summed E-state index contributed by atoms with van der Waals surface area (Å²) in [5.74, 6) is 3.44. The molecule has 1 aliphatic rings. The number of hydrogen-bond donors (Lipinski definition) is 2. The van der Waals surface area contributed by atoms with E-state index in [2.05, 4.69) is 34.6 Å². The molecule has 1 atom stereocenters. The molecule has 31 heavy (non-hydrogen) atoms. The fraction of sp³-hybridized carbons (Fsp3) is 0.458. The van der Waals surface area contributed by atoms with Gasteiger partial charge >= 0.3 is 0 Å². The number of aliphatic imine (C=N–C) groups is 1. The van der Waals surface area contributed by atoms with Crippen LogP contribution in [0.1, 0.15) is 18.9 Å². The van der Waals surface area contributed by atoms with Crippen LogP contribution in [0.5, 0.6) is 17.2 Å². The van der Waals surface area contributed by atoms with Gasteiger partial charge < -0.3 is 29.7 Å². The maximum atomic E-state index is 5.53. The normalized spacial score (nSPS) is 16.2. The Labute approximate surface area is 185 Å². The molecule has 0 radical (unpaired) electrons. The van der Waals surface area contributed by atoms with E-state index in [9.17, 15) is 0 Å². The lowest BCUT2D eigenvalue weighted by Crippen LogP contribution is -2.44. The summed E-state index contributed by atoms with van der Waals surface area (Å²) < 4.78 is 16.3. The Hall–Kier alpha value is -3.09. The van der Waals surface area contributed by atoms with Crippen LogP contribution in [0.15, 0.2) is 47.5 Å². The smallest absolute Gasteiger partial charge is 0.191 e. The summed E-state index contributed by atoms with van der Waals surface area (Å²) >= 11 is 0. The zero-order chi connectivity index (χ0) is 22.1. The Balaban J connectivity index is 1.60. The summed E-state index contributed by atoms with van der Waals surface area (Å²) in [6.07, 6.45) is 1.82. The van der Waals surface area contributed by atoms with Crippen molar-refractivity contribution in [2.24, 2.45) is 4.99 Å². The molecular formula is C24H34N4O3. The number of anilines is 1. The molecule has 0 bridgehead atoms. The van der Waals surface area contributed by atoms with E-state index >= 15 is 0 Å². The molecule has 2 N–H and O–H groups in total. The zero-order valence-corrected chi connectivity index (χ0v) is 19.0. The number of para-hydroxylation sites is 2. The monoisotopic (exact) mass is 426 g/mol. The van der Waals surface area contributed by atoms with Crippen LogP contribution in [0.25, 0.3) is 0 Å². The first-order valence-electron chi connectivity index (χ1n) is 10.8. The van der Waals surface area contributed by atoms with Gasteiger partial charge in [0.1, 0.15) is 17.2 Å². The second-order valence-electron chi connectivity index (χ2n) is 7.44. The molecule has 1 heterocycles. The Kier molecular flexibility index (Phi) is 8.27. The summed E-state index contributed by atoms with van der Waals surface area (Å²) in [7, 11) is 5.08. The third-order valence-corrected chi connectivity index (χ3v) is 5.44. The fourth-order valence-electron chi connectivity index (χ4n) is 3.87. The largest absolute Gasteiger partial charge is 0.497 e. The highest BCUT2D eigenvalue weighted by Crippen LogP contribution is 2.30. The predicted molar refractivity (Wildman–Crippen MR) is 126 cm³/mol. The van der Waals surface area contributed by atoms with Gasteiger partial charge in [0.05, 0.1) is 27.0 Å². The van der Waals surface area contributed by atoms with Gasteiger partial charge in [0.25, 0.3) is 0 Å². The first-order chi connectivity index (χ1) is 15.2. The molecule has 3 rings (SSSR count). The van der Waals surface area contributed by atoms with Crippen molar-refractivity contribution in [3.63, 3.8) is 0 Å². The van der Waals surface area contributed by atoms with Crippen LogP contribution in [0, 0.1) is 0 Å². The first kappa shape index (κ1) is 22.6. The Morgan fingerprint density at radius 1 is 1.06 bits per heavy atom. The van der Waals surface area contributed by atoms with Gasteiger partial charge in [-0.05, 0) is 55.7 Å². The zero-order valence-electron chi connectivity index (χ0n) is 19.0. The number of rotatable bonds is 9. The lowest BCUT2D eigenvalue weighted by molar-refractivity contribution is 0.399. The maximum Gasteiger partial charge on any atom is 0.191 e. The number of hydrogen-bond acceptors (Lipinski definition) is 5. The molecule has 0 amide bonds. The van der Waals surface area contributed by atoms with Crippen molar-refractivity contribution < 1.29 is 14.2 Å². The van der Waals surface area contributed by atoms with Gasteiger partial charge in [-0.15, -0.1) is 0 Å². The first-order valence-corrected chi connectivity index (χ1v) is 10.8. The van der Waals surface area contributed by atoms with Crippen LogP contribution in [0.4, 0.5) is 5.69 Å². The standard InChI is InChI=1S/C24H34N4O3/c1-5-25-24(26-14-12-18-16-20(29-2)10-11-22(18)30-3)27-19-13-15-28(17-19)21-8-6-7-9-23(21)31-4/h6-11,16,19H,5,12-15,17H2,1-4H3,(H2,25,26,27). The molecule has 1 saturated heterocycles. The molecule has 7 heteroatoms. The molecule has 0 spiro atoms. The number of methoxy groups -OCH3 is 3. The summed E-state index contributed by atoms with van der Waals surface area (Å²) in [6, 6.07) is 14.4. The lowest BCUT2D eigenvalue weighted by Gasteiger charge is -2.22. The number of nitrogens with one attached hydrogen (secondary N) is 2. The second-order valence-corrected chi connectivity index (χ2v) is 7.44. The second kappa shape index (κ2) is 11.3. The van der Waals surface area contributed by atoms with E-state index in [1.165, 1.54) is 0 Å². The molecule has 168 valence electrons. The van der Waals surface area contributed by atoms with E-state index in [0.717, 1.165) is 66.9 Å². The summed E-state index contributed by atoms with van der Waals surface area (Å²) in [5.41, 5.74) is 2.23. The van der Waals surface area contributed by atoms with Crippen molar-refractivity contribution in [1.29, 1.82) is 0 Å². The van der Waals surface area contributed by atoms with Crippen LogP contribution in [-0.2, 0) is 6.42 Å². The highest BCUT2D eigenvalue weighted by atomic mass is 16.5. The van der Waals surface area contributed by atoms with Gasteiger partial charge in [-0.25, -0.2) is 0 Å². The van der Waals surface area contributed by atoms with E-state index in [4.69, 9.17) is 19.2 Å². The Morgan fingerprint density at radius 3 is 2.61 bits per heavy atom. The topological polar surface area (TPSA) is 67.4 Å². The number of ether oxygens (including phenoxy) is 3. The highest BCUT2D eigenvalue weighted by Gasteiger charge is 2.25. The fourth-order valence-corrected chi connectivity index (χ4v) is 3.87. The van der Waals surface area contributed by atoms with Crippen molar-refractivity contribution in [2.45, 2.75) is 25.8 Å². The third kappa shape index (κ3) is 5.96. The van der Waals surface area contributed by atoms with Gasteiger partial charge in [-0.2, -0.15) is 0 Å². The van der Waals surface area contributed by atoms with Crippen molar-refractivity contribution in [3.8, 4) is 17.2 Å². The highest BCUT2D eigenvalue weighted by molar-refractivity contribution is 5.80. The Bertz CT molecular complexity index is 872. The molecule has 0 aliphatic carbocycles. The minimum atomic E-state index is 0.328. The van der Waals surface area contributed by atoms with Crippen LogP contribution in [-0.4, -0.2) is 59.5 Å². The molecule has 0 aromatic heterocycles. The third-order valence-electron chi connectivity index (χ3n) is 5.44. The van der Waals surface area contributed by atoms with Crippen LogP contribution in [0.2, 0.25) is 0 Å². The number of nitrogens with zero attached hydrogens (tertiary/aromatic N) is 2. The molecule has 7 nitrogen and oxygen atoms in total. The van der Waals surface area contributed by atoms with Gasteiger partial charge in [-0.1, -0.05) is 12.1 Å². The van der Waals surface area contributed by atoms with Gasteiger partial charge in [-0.3, -0.25) is 4.99 Å². The molecule has 1 unspecified atom stereocenters. The van der Waals surface area contributed by atoms with E-state index < -0.39 is 0 Å². The average molecular weight is 427 g/mol. The van der Waals surface area contributed by atoms with Crippen LogP contribution in [0.3, 0.4) is 0 Å². The van der Waals surface area contributed by atoms with E-state index in [0.29, 0.717) is 12.6 Å². The molecule has 2 aromatic carbocycles. The molecule has 1 fully saturated rings. The predicted octanol–water partition coefficient (Wildman–Crippen LogP) is 3.09. The van der Waals surface area contributed by atoms with Crippen molar-refractivity contribution in [3.05, 3.63) is 48.0 Å². The number of benzene rings is 2. The summed E-state index contributed by atoms with van der Waals surface area (Å²) in [4.78, 5) is 7.15. The van der Waals surface area contributed by atoms with Crippen LogP contribution >= 0.6 is 0 Å². The van der Waals surface area contributed by atoms with Crippen molar-refractivity contribution in [2.75, 3.05) is 52.4 Å². The SMILES string of the molecule is CCNC(=NCCc1cc(OC)ccc1OC)NC1CCN(c2ccccc2OC)C1. The molecular weight excluding hydrogens is 392 g/mol. The van der Waals surface area contributed by atoms with Gasteiger partial charge in [0.15, 0.2) is 5.96 Å². The summed E-state index contributed by atoms with van der Waals surface area (Å²) in [5, 5.41) is 6.96. The Morgan fingerprint density at radius 2 is 1.87 bits per heavy atom. The molecule has 2 aromatic rings. The summed E-state index contributed by atoms with van der Waals surface area (Å²) in [6.45, 7) is 5.45. The van der Waals surface area contributed by atoms with E-state index in [1.807, 2.05) is 30.3 Å². The quantitative estimate of drug-likeness (QED) is 0.475. The van der Waals surface area contributed by atoms with Crippen molar-refractivity contribution >= 4 is 11.6 Å². The lowest BCUT2D eigenvalue weighted by atomic mass is 10.1. The van der Waals surface area contributed by atoms with E-state index in [1.54, 1.807) is 21.3 Å².